The number of nitrogens with zero attached hydrogens (tertiary/aromatic N) is 1. The van der Waals surface area contributed by atoms with Gasteiger partial charge >= 0.3 is 11.6 Å². The van der Waals surface area contributed by atoms with E-state index in [9.17, 15) is 22.6 Å². The largest absolute Gasteiger partial charge is 0.726 e. The summed E-state index contributed by atoms with van der Waals surface area (Å²) in [6.07, 6.45) is 0.828. The predicted molar refractivity (Wildman–Crippen MR) is 100 cm³/mol. The normalized spacial score (nSPS) is 30.6. The van der Waals surface area contributed by atoms with Crippen molar-refractivity contribution >= 4 is 16.4 Å². The molecular formula is C16H25N5O7S. The fraction of sp³-hybridized carbons (Fsp3) is 0.688. The first-order valence-electron chi connectivity index (χ1n) is 9.26. The van der Waals surface area contributed by atoms with Gasteiger partial charge in [0, 0.05) is 44.1 Å². The van der Waals surface area contributed by atoms with Crippen molar-refractivity contribution in [3.63, 3.8) is 0 Å². The summed E-state index contributed by atoms with van der Waals surface area (Å²) in [5.41, 5.74) is -0.496. The molecule has 0 bridgehead atoms. The summed E-state index contributed by atoms with van der Waals surface area (Å²) in [4.78, 5) is 27.7. The number of piperidine rings is 1. The van der Waals surface area contributed by atoms with Crippen molar-refractivity contribution in [2.75, 3.05) is 13.7 Å². The smallest absolute Gasteiger partial charge is 0.346 e. The van der Waals surface area contributed by atoms with E-state index in [0.717, 1.165) is 13.1 Å². The van der Waals surface area contributed by atoms with Crippen LogP contribution in [0.2, 0.25) is 0 Å². The second-order valence-corrected chi connectivity index (χ2v) is 8.40. The van der Waals surface area contributed by atoms with Crippen LogP contribution in [-0.2, 0) is 21.0 Å². The van der Waals surface area contributed by atoms with E-state index in [1.807, 2.05) is 6.92 Å². The molecule has 5 N–H and O–H groups in total. The van der Waals surface area contributed by atoms with Crippen LogP contribution in [0.15, 0.2) is 15.7 Å². The number of rotatable bonds is 4. The Kier molecular flexibility index (Phi) is 6.12. The molecule has 0 unspecified atom stereocenters. The van der Waals surface area contributed by atoms with Crippen LogP contribution >= 0.6 is 0 Å². The first kappa shape index (κ1) is 21.5. The van der Waals surface area contributed by atoms with Crippen LogP contribution < -0.4 is 21.9 Å². The molecule has 4 rings (SSSR count). The van der Waals surface area contributed by atoms with Gasteiger partial charge in [-0.1, -0.05) is 6.92 Å². The number of guanidine groups is 1. The first-order chi connectivity index (χ1) is 13.7. The average molecular weight is 431 g/mol. The van der Waals surface area contributed by atoms with E-state index in [-0.39, 0.29) is 24.0 Å². The van der Waals surface area contributed by atoms with Gasteiger partial charge in [-0.2, -0.15) is 0 Å². The maximum atomic E-state index is 11.5. The summed E-state index contributed by atoms with van der Waals surface area (Å²) < 4.78 is 40.3. The number of aromatic nitrogens is 2. The molecule has 3 aliphatic rings. The molecule has 1 aromatic rings. The van der Waals surface area contributed by atoms with Gasteiger partial charge in [-0.25, -0.2) is 13.2 Å². The lowest BCUT2D eigenvalue weighted by molar-refractivity contribution is -0.620. The number of hydrogen-bond donors (Lipinski definition) is 5. The van der Waals surface area contributed by atoms with E-state index in [1.165, 1.54) is 6.07 Å². The second-order valence-electron chi connectivity index (χ2n) is 7.39. The molecule has 0 aliphatic carbocycles. The summed E-state index contributed by atoms with van der Waals surface area (Å²) in [5.74, 6) is 0.723. The molecule has 4 heterocycles. The molecule has 1 fully saturated rings. The number of aliphatic hydroxyl groups excluding tert-OH is 1. The van der Waals surface area contributed by atoms with Crippen LogP contribution in [0.25, 0.3) is 0 Å². The Bertz CT molecular complexity index is 973. The topological polar surface area (TPSA) is 179 Å². The average Bonchev–Trinajstić information content (AvgIpc) is 3.04. The van der Waals surface area contributed by atoms with Crippen LogP contribution in [-0.4, -0.2) is 76.5 Å². The van der Waals surface area contributed by atoms with Gasteiger partial charge < -0.3 is 14.6 Å². The third-order valence-corrected chi connectivity index (χ3v) is 6.09. The van der Waals surface area contributed by atoms with Gasteiger partial charge in [-0.05, 0) is 0 Å². The second kappa shape index (κ2) is 8.26. The molecule has 29 heavy (non-hydrogen) atoms. The van der Waals surface area contributed by atoms with Crippen molar-refractivity contribution in [2.45, 2.75) is 50.4 Å². The van der Waals surface area contributed by atoms with Gasteiger partial charge in [0.2, 0.25) is 10.4 Å². The molecule has 0 amide bonds. The Morgan fingerprint density at radius 2 is 2.00 bits per heavy atom. The third-order valence-electron chi connectivity index (χ3n) is 5.61. The highest BCUT2D eigenvalue weighted by Gasteiger charge is 2.50. The summed E-state index contributed by atoms with van der Waals surface area (Å²) in [6.45, 7) is 2.50. The van der Waals surface area contributed by atoms with Crippen LogP contribution in [0.5, 0.6) is 0 Å². The van der Waals surface area contributed by atoms with Gasteiger partial charge in [0.1, 0.15) is 6.04 Å². The summed E-state index contributed by atoms with van der Waals surface area (Å²) in [5, 5.41) is 13.7. The summed E-state index contributed by atoms with van der Waals surface area (Å²) >= 11 is 0. The van der Waals surface area contributed by atoms with Crippen molar-refractivity contribution in [3.8, 4) is 0 Å². The Morgan fingerprint density at radius 1 is 1.28 bits per heavy atom. The molecule has 0 saturated carbocycles. The van der Waals surface area contributed by atoms with Crippen molar-refractivity contribution in [1.29, 1.82) is 0 Å². The number of aromatic amines is 2. The molecule has 12 nitrogen and oxygen atoms in total. The Hall–Kier alpha value is -2.22. The van der Waals surface area contributed by atoms with Gasteiger partial charge in [-0.3, -0.25) is 29.2 Å². The number of aliphatic hydroxyl groups is 1. The Morgan fingerprint density at radius 3 is 2.66 bits per heavy atom. The van der Waals surface area contributed by atoms with Crippen LogP contribution in [0.1, 0.15) is 25.5 Å². The highest BCUT2D eigenvalue weighted by Crippen LogP contribution is 2.33. The third kappa shape index (κ3) is 4.69. The standard InChI is InChI=1S/C15H21N5O6S.CH4O/c1-7-11-6-16-14-17-8(2-9-4-13(21)19-15(22)18-9)3-10(20(11)14)5-12(7)26-27(23,24)25;1-2/h4,7-8,10-12H,2-3,5-6H2,1H3,(H4,16,17,18,19,21,22,23,24,25);2H,1H3/t7-,8+,10+,11-,12+;/m1./s1. The monoisotopic (exact) mass is 431 g/mol. The Balaban J connectivity index is 0.00000117. The molecular weight excluding hydrogens is 406 g/mol. The summed E-state index contributed by atoms with van der Waals surface area (Å²) in [7, 11) is -3.77. The lowest BCUT2D eigenvalue weighted by atomic mass is 9.83. The van der Waals surface area contributed by atoms with Gasteiger partial charge in [0.05, 0.1) is 24.7 Å². The van der Waals surface area contributed by atoms with Crippen molar-refractivity contribution in [1.82, 2.24) is 20.6 Å². The van der Waals surface area contributed by atoms with E-state index in [2.05, 4.69) is 25.2 Å². The molecule has 162 valence electrons. The maximum Gasteiger partial charge on any atom is 0.346 e. The van der Waals surface area contributed by atoms with Crippen molar-refractivity contribution < 1.29 is 26.8 Å². The fourth-order valence-electron chi connectivity index (χ4n) is 4.52. The molecule has 0 spiro atoms. The number of hydrogen-bond acceptors (Lipinski definition) is 9. The van der Waals surface area contributed by atoms with E-state index in [4.69, 9.17) is 9.29 Å². The van der Waals surface area contributed by atoms with Crippen LogP contribution in [0.3, 0.4) is 0 Å². The lowest BCUT2D eigenvalue weighted by Gasteiger charge is -2.41. The lowest BCUT2D eigenvalue weighted by Crippen LogP contribution is -2.59. The van der Waals surface area contributed by atoms with Crippen LogP contribution in [0.4, 0.5) is 0 Å². The zero-order chi connectivity index (χ0) is 21.3. The molecule has 1 aromatic heterocycles. The van der Waals surface area contributed by atoms with E-state index in [1.54, 1.807) is 0 Å². The highest BCUT2D eigenvalue weighted by molar-refractivity contribution is 7.80. The molecule has 5 atom stereocenters. The molecule has 13 heteroatoms. The van der Waals surface area contributed by atoms with Crippen molar-refractivity contribution in [2.24, 2.45) is 5.92 Å². The zero-order valence-electron chi connectivity index (χ0n) is 16.0. The number of H-pyrrole nitrogens is 2. The first-order valence-corrected chi connectivity index (χ1v) is 10.6. The zero-order valence-corrected chi connectivity index (χ0v) is 16.9. The summed E-state index contributed by atoms with van der Waals surface area (Å²) in [6, 6.07) is 1.30. The van der Waals surface area contributed by atoms with Crippen LogP contribution in [0, 0.1) is 5.92 Å². The maximum absolute atomic E-state index is 11.5. The van der Waals surface area contributed by atoms with E-state index >= 15 is 0 Å². The predicted octanol–water partition coefficient (Wildman–Crippen LogP) is -2.83. The fourth-order valence-corrected chi connectivity index (χ4v) is 5.07. The minimum Gasteiger partial charge on any atom is -0.726 e. The highest BCUT2D eigenvalue weighted by atomic mass is 32.3. The van der Waals surface area contributed by atoms with Gasteiger partial charge in [0.15, 0.2) is 0 Å². The quantitative estimate of drug-likeness (QED) is 0.191. The van der Waals surface area contributed by atoms with E-state index in [0.29, 0.717) is 31.5 Å². The molecule has 3 aliphatic heterocycles. The number of nitrogens with one attached hydrogen (secondary N) is 4. The van der Waals surface area contributed by atoms with Gasteiger partial charge in [0.25, 0.3) is 5.56 Å². The molecule has 0 aromatic carbocycles. The Labute approximate surface area is 167 Å². The van der Waals surface area contributed by atoms with E-state index < -0.39 is 27.8 Å². The molecule has 1 saturated heterocycles. The minimum absolute atomic E-state index is 0.0112. The van der Waals surface area contributed by atoms with Gasteiger partial charge in [-0.15, -0.1) is 0 Å². The van der Waals surface area contributed by atoms with Crippen molar-refractivity contribution in [3.05, 3.63) is 32.6 Å². The minimum atomic E-state index is -4.77. The molecule has 0 radical (unpaired) electrons. The SMILES string of the molecule is CO.C[C@H]1[C@@H](OS(=O)(=O)[O-])C[C@@H]2C[C@H](Cc3cc(=O)[nH]c(=O)[nH]3)NC3=[N+]2[C@@H]1CN3.